The molecule has 90 valence electrons. The first-order chi connectivity index (χ1) is 7.50. The second kappa shape index (κ2) is 5.65. The van der Waals surface area contributed by atoms with Crippen LogP contribution in [-0.2, 0) is 0 Å². The highest BCUT2D eigenvalue weighted by Crippen LogP contribution is 2.24. The first-order valence-corrected chi connectivity index (χ1v) is 5.02. The summed E-state index contributed by atoms with van der Waals surface area (Å²) >= 11 is 0. The molecule has 1 aromatic rings. The van der Waals surface area contributed by atoms with Crippen molar-refractivity contribution in [3.63, 3.8) is 0 Å². The zero-order valence-electron chi connectivity index (χ0n) is 9.46. The van der Waals surface area contributed by atoms with Crippen LogP contribution >= 0.6 is 0 Å². The van der Waals surface area contributed by atoms with E-state index in [1.54, 1.807) is 0 Å². The third-order valence-electron chi connectivity index (χ3n) is 2.02. The number of hydrogen-bond acceptors (Lipinski definition) is 3. The first-order valence-electron chi connectivity index (χ1n) is 5.02. The second-order valence-electron chi connectivity index (χ2n) is 3.82. The molecule has 0 saturated heterocycles. The Bertz CT molecular complexity index is 333. The fourth-order valence-corrected chi connectivity index (χ4v) is 1.27. The summed E-state index contributed by atoms with van der Waals surface area (Å²) in [6, 6.07) is 2.09. The molecule has 0 bridgehead atoms. The lowest BCUT2D eigenvalue weighted by Crippen LogP contribution is -2.16. The maximum Gasteiger partial charge on any atom is 0.190 e. The summed E-state index contributed by atoms with van der Waals surface area (Å²) in [4.78, 5) is 1.97. The van der Waals surface area contributed by atoms with Gasteiger partial charge in [-0.25, -0.2) is 8.78 Å². The van der Waals surface area contributed by atoms with Gasteiger partial charge in [0.25, 0.3) is 0 Å². The third kappa shape index (κ3) is 3.66. The van der Waals surface area contributed by atoms with Crippen LogP contribution < -0.4 is 10.5 Å². The van der Waals surface area contributed by atoms with Crippen LogP contribution in [0.3, 0.4) is 0 Å². The van der Waals surface area contributed by atoms with E-state index in [1.165, 1.54) is 0 Å². The van der Waals surface area contributed by atoms with E-state index in [2.05, 4.69) is 0 Å². The molecule has 0 radical (unpaired) electrons. The van der Waals surface area contributed by atoms with Gasteiger partial charge in [0, 0.05) is 24.4 Å². The molecule has 0 aliphatic carbocycles. The van der Waals surface area contributed by atoms with Crippen molar-refractivity contribution in [1.29, 1.82) is 0 Å². The molecular weight excluding hydrogens is 214 g/mol. The van der Waals surface area contributed by atoms with Crippen LogP contribution in [0.25, 0.3) is 0 Å². The van der Waals surface area contributed by atoms with Crippen molar-refractivity contribution in [1.82, 2.24) is 4.90 Å². The Morgan fingerprint density at radius 3 is 2.31 bits per heavy atom. The lowest BCUT2D eigenvalue weighted by Gasteiger charge is -2.11. The van der Waals surface area contributed by atoms with Crippen molar-refractivity contribution in [3.05, 3.63) is 23.8 Å². The van der Waals surface area contributed by atoms with Gasteiger partial charge in [-0.1, -0.05) is 0 Å². The topological polar surface area (TPSA) is 38.5 Å². The number of benzene rings is 1. The van der Waals surface area contributed by atoms with Gasteiger partial charge in [0.1, 0.15) is 0 Å². The molecule has 0 atom stereocenters. The van der Waals surface area contributed by atoms with Gasteiger partial charge in [-0.05, 0) is 20.5 Å². The summed E-state index contributed by atoms with van der Waals surface area (Å²) in [5.41, 5.74) is 5.33. The van der Waals surface area contributed by atoms with Gasteiger partial charge in [0.2, 0.25) is 0 Å². The molecule has 1 rings (SSSR count). The summed E-state index contributed by atoms with van der Waals surface area (Å²) in [5.74, 6) is -1.88. The molecule has 0 aliphatic heterocycles. The molecule has 0 amide bonds. The highest BCUT2D eigenvalue weighted by Gasteiger charge is 2.11. The number of rotatable bonds is 5. The van der Waals surface area contributed by atoms with E-state index >= 15 is 0 Å². The molecular formula is C11H16F2N2O. The number of nitrogen functional groups attached to an aromatic ring is 1. The Morgan fingerprint density at radius 2 is 1.81 bits per heavy atom. The molecule has 0 saturated carbocycles. The summed E-state index contributed by atoms with van der Waals surface area (Å²) < 4.78 is 31.5. The lowest BCUT2D eigenvalue weighted by molar-refractivity contribution is 0.260. The molecule has 0 heterocycles. The quantitative estimate of drug-likeness (QED) is 0.620. The van der Waals surface area contributed by atoms with Crippen molar-refractivity contribution < 1.29 is 13.5 Å². The van der Waals surface area contributed by atoms with Crippen LogP contribution in [0.4, 0.5) is 14.5 Å². The van der Waals surface area contributed by atoms with Crippen molar-refractivity contribution in [2.45, 2.75) is 6.42 Å². The molecule has 1 aromatic carbocycles. The second-order valence-corrected chi connectivity index (χ2v) is 3.82. The predicted octanol–water partition coefficient (Wildman–Crippen LogP) is 1.88. The average Bonchev–Trinajstić information content (AvgIpc) is 2.14. The van der Waals surface area contributed by atoms with E-state index < -0.39 is 11.6 Å². The number of ether oxygens (including phenoxy) is 1. The maximum absolute atomic E-state index is 13.2. The van der Waals surface area contributed by atoms with Crippen LogP contribution in [0, 0.1) is 11.6 Å². The summed E-state index contributed by atoms with van der Waals surface area (Å²) in [6.45, 7) is 1.08. The number of nitrogens with zero attached hydrogens (tertiary/aromatic N) is 1. The standard InChI is InChI=1S/C11H16F2N2O/c1-15(2)4-3-5-16-11-9(12)6-8(14)7-10(11)13/h6-7H,3-5,14H2,1-2H3. The van der Waals surface area contributed by atoms with Crippen molar-refractivity contribution in [2.24, 2.45) is 0 Å². The molecule has 16 heavy (non-hydrogen) atoms. The molecule has 0 spiro atoms. The minimum absolute atomic E-state index is 0.0515. The predicted molar refractivity (Wildman–Crippen MR) is 59.4 cm³/mol. The summed E-state index contributed by atoms with van der Waals surface area (Å²) in [7, 11) is 3.84. The Kier molecular flexibility index (Phi) is 4.49. The van der Waals surface area contributed by atoms with Crippen LogP contribution in [0.15, 0.2) is 12.1 Å². The minimum atomic E-state index is -0.762. The Balaban J connectivity index is 2.54. The normalized spacial score (nSPS) is 10.8. The average molecular weight is 230 g/mol. The SMILES string of the molecule is CN(C)CCCOc1c(F)cc(N)cc1F. The van der Waals surface area contributed by atoms with Crippen LogP contribution in [0.1, 0.15) is 6.42 Å². The van der Waals surface area contributed by atoms with E-state index in [1.807, 2.05) is 19.0 Å². The Labute approximate surface area is 93.8 Å². The van der Waals surface area contributed by atoms with E-state index in [0.29, 0.717) is 6.42 Å². The van der Waals surface area contributed by atoms with E-state index in [-0.39, 0.29) is 18.0 Å². The van der Waals surface area contributed by atoms with Crippen LogP contribution in [0.2, 0.25) is 0 Å². The minimum Gasteiger partial charge on any atom is -0.488 e. The van der Waals surface area contributed by atoms with Crippen LogP contribution in [0.5, 0.6) is 5.75 Å². The first kappa shape index (κ1) is 12.7. The van der Waals surface area contributed by atoms with E-state index in [9.17, 15) is 8.78 Å². The zero-order valence-corrected chi connectivity index (χ0v) is 9.46. The van der Waals surface area contributed by atoms with Gasteiger partial charge in [-0.2, -0.15) is 0 Å². The van der Waals surface area contributed by atoms with Crippen molar-refractivity contribution in [3.8, 4) is 5.75 Å². The number of anilines is 1. The van der Waals surface area contributed by atoms with Gasteiger partial charge >= 0.3 is 0 Å². The number of hydrogen-bond donors (Lipinski definition) is 1. The molecule has 5 heteroatoms. The Morgan fingerprint density at radius 1 is 1.25 bits per heavy atom. The largest absolute Gasteiger partial charge is 0.488 e. The van der Waals surface area contributed by atoms with Gasteiger partial charge in [-0.3, -0.25) is 0 Å². The summed E-state index contributed by atoms with van der Waals surface area (Å²) in [5, 5.41) is 0. The van der Waals surface area contributed by atoms with Gasteiger partial charge in [-0.15, -0.1) is 0 Å². The van der Waals surface area contributed by atoms with Gasteiger partial charge in [0.05, 0.1) is 6.61 Å². The van der Waals surface area contributed by atoms with E-state index in [4.69, 9.17) is 10.5 Å². The molecule has 0 aliphatic rings. The third-order valence-corrected chi connectivity index (χ3v) is 2.02. The molecule has 0 unspecified atom stereocenters. The molecule has 0 fully saturated rings. The molecule has 2 N–H and O–H groups in total. The fourth-order valence-electron chi connectivity index (χ4n) is 1.27. The van der Waals surface area contributed by atoms with Crippen molar-refractivity contribution in [2.75, 3.05) is 33.0 Å². The number of halogens is 2. The monoisotopic (exact) mass is 230 g/mol. The van der Waals surface area contributed by atoms with Crippen LogP contribution in [-0.4, -0.2) is 32.1 Å². The highest BCUT2D eigenvalue weighted by molar-refractivity contribution is 5.44. The highest BCUT2D eigenvalue weighted by atomic mass is 19.1. The van der Waals surface area contributed by atoms with Gasteiger partial charge < -0.3 is 15.4 Å². The maximum atomic E-state index is 13.2. The van der Waals surface area contributed by atoms with Crippen molar-refractivity contribution >= 4 is 5.69 Å². The zero-order chi connectivity index (χ0) is 12.1. The van der Waals surface area contributed by atoms with Gasteiger partial charge in [0.15, 0.2) is 17.4 Å². The fraction of sp³-hybridized carbons (Fsp3) is 0.455. The Hall–Kier alpha value is -1.36. The molecule has 3 nitrogen and oxygen atoms in total. The lowest BCUT2D eigenvalue weighted by atomic mass is 10.3. The summed E-state index contributed by atoms with van der Waals surface area (Å²) in [6.07, 6.45) is 0.705. The number of nitrogens with two attached hydrogens (primary N) is 1. The van der Waals surface area contributed by atoms with E-state index in [0.717, 1.165) is 18.7 Å². The smallest absolute Gasteiger partial charge is 0.190 e. The molecule has 0 aromatic heterocycles.